The number of carbonyl (C=O) groups excluding carboxylic acids is 2. The van der Waals surface area contributed by atoms with Crippen LogP contribution in [-0.4, -0.2) is 47.8 Å². The van der Waals surface area contributed by atoms with E-state index in [9.17, 15) is 9.59 Å². The maximum atomic E-state index is 12.1. The summed E-state index contributed by atoms with van der Waals surface area (Å²) < 4.78 is 5.63. The van der Waals surface area contributed by atoms with Crippen LogP contribution in [0.3, 0.4) is 0 Å². The third kappa shape index (κ3) is 5.37. The van der Waals surface area contributed by atoms with Crippen molar-refractivity contribution in [2.24, 2.45) is 0 Å². The Bertz CT molecular complexity index is 510. The fourth-order valence-electron chi connectivity index (χ4n) is 2.37. The summed E-state index contributed by atoms with van der Waals surface area (Å²) in [5.74, 6) is 3.13. The molecule has 0 bridgehead atoms. The summed E-state index contributed by atoms with van der Waals surface area (Å²) >= 11 is 1.92. The Balaban J connectivity index is 1.71. The molecule has 0 saturated carbocycles. The van der Waals surface area contributed by atoms with Crippen LogP contribution >= 0.6 is 11.8 Å². The second kappa shape index (κ2) is 8.83. The first-order chi connectivity index (χ1) is 10.7. The van der Waals surface area contributed by atoms with E-state index in [-0.39, 0.29) is 11.7 Å². The molecule has 5 heteroatoms. The van der Waals surface area contributed by atoms with Crippen molar-refractivity contribution in [2.75, 3.05) is 31.2 Å². The van der Waals surface area contributed by atoms with E-state index >= 15 is 0 Å². The largest absolute Gasteiger partial charge is 0.494 e. The molecule has 0 atom stereocenters. The van der Waals surface area contributed by atoms with Gasteiger partial charge >= 0.3 is 0 Å². The summed E-state index contributed by atoms with van der Waals surface area (Å²) in [6.45, 7) is 3.78. The number of ketones is 1. The van der Waals surface area contributed by atoms with Crippen LogP contribution in [0, 0.1) is 0 Å². The Kier molecular flexibility index (Phi) is 6.77. The monoisotopic (exact) mass is 321 g/mol. The maximum absolute atomic E-state index is 12.1. The molecule has 120 valence electrons. The van der Waals surface area contributed by atoms with E-state index in [0.29, 0.717) is 30.8 Å². The normalized spacial score (nSPS) is 15.2. The van der Waals surface area contributed by atoms with E-state index in [2.05, 4.69) is 0 Å². The first-order valence-corrected chi connectivity index (χ1v) is 8.91. The van der Waals surface area contributed by atoms with E-state index < -0.39 is 0 Å². The van der Waals surface area contributed by atoms with Gasteiger partial charge in [-0.05, 0) is 37.7 Å². The van der Waals surface area contributed by atoms with Gasteiger partial charge < -0.3 is 9.64 Å². The predicted octanol–water partition coefficient (Wildman–Crippen LogP) is 3.01. The molecule has 0 spiro atoms. The number of ether oxygens (including phenoxy) is 1. The lowest BCUT2D eigenvalue weighted by molar-refractivity contribution is -0.131. The van der Waals surface area contributed by atoms with Gasteiger partial charge in [0, 0.05) is 30.8 Å². The lowest BCUT2D eigenvalue weighted by Gasteiger charge is -2.19. The molecule has 1 aromatic rings. The molecular formula is C17H23NO3S. The lowest BCUT2D eigenvalue weighted by atomic mass is 10.1. The molecule has 2 rings (SSSR count). The molecule has 1 fully saturated rings. The van der Waals surface area contributed by atoms with Gasteiger partial charge in [-0.25, -0.2) is 0 Å². The van der Waals surface area contributed by atoms with Gasteiger partial charge in [0.05, 0.1) is 6.61 Å². The minimum absolute atomic E-state index is 0.0275. The zero-order valence-electron chi connectivity index (χ0n) is 13.0. The van der Waals surface area contributed by atoms with Crippen molar-refractivity contribution < 1.29 is 14.3 Å². The summed E-state index contributed by atoms with van der Waals surface area (Å²) in [7, 11) is 0. The molecule has 0 aliphatic carbocycles. The number of carbonyl (C=O) groups is 2. The third-order valence-corrected chi connectivity index (χ3v) is 4.67. The van der Waals surface area contributed by atoms with Crippen LogP contribution < -0.4 is 4.74 Å². The highest BCUT2D eigenvalue weighted by Crippen LogP contribution is 2.15. The number of rotatable bonds is 6. The smallest absolute Gasteiger partial charge is 0.222 e. The highest BCUT2D eigenvalue weighted by Gasteiger charge is 2.15. The second-order valence-electron chi connectivity index (χ2n) is 5.38. The molecule has 1 amide bonds. The zero-order valence-corrected chi connectivity index (χ0v) is 13.9. The molecule has 1 aliphatic rings. The van der Waals surface area contributed by atoms with Gasteiger partial charge in [0.15, 0.2) is 5.78 Å². The van der Waals surface area contributed by atoms with E-state index in [4.69, 9.17) is 4.74 Å². The summed E-state index contributed by atoms with van der Waals surface area (Å²) in [5.41, 5.74) is 0.649. The van der Waals surface area contributed by atoms with E-state index in [1.807, 2.05) is 28.8 Å². The summed E-state index contributed by atoms with van der Waals surface area (Å²) in [6, 6.07) is 7.17. The first kappa shape index (κ1) is 16.9. The number of Topliss-reactive ketones (excluding diaryl/α,β-unsaturated/α-hetero) is 1. The van der Waals surface area contributed by atoms with Crippen molar-refractivity contribution in [1.29, 1.82) is 0 Å². The van der Waals surface area contributed by atoms with Crippen LogP contribution in [-0.2, 0) is 4.79 Å². The van der Waals surface area contributed by atoms with Crippen molar-refractivity contribution >= 4 is 23.5 Å². The number of hydrogen-bond donors (Lipinski definition) is 0. The fraction of sp³-hybridized carbons (Fsp3) is 0.529. The van der Waals surface area contributed by atoms with Crippen LogP contribution in [0.1, 0.15) is 36.5 Å². The summed E-state index contributed by atoms with van der Waals surface area (Å²) in [6.07, 6.45) is 2.31. The van der Waals surface area contributed by atoms with Gasteiger partial charge in [0.25, 0.3) is 0 Å². The van der Waals surface area contributed by atoms with Gasteiger partial charge in [-0.1, -0.05) is 12.1 Å². The van der Waals surface area contributed by atoms with Gasteiger partial charge in [-0.15, -0.1) is 0 Å². The van der Waals surface area contributed by atoms with Gasteiger partial charge in [0.1, 0.15) is 5.75 Å². The van der Waals surface area contributed by atoms with Gasteiger partial charge in [-0.2, -0.15) is 11.8 Å². The first-order valence-electron chi connectivity index (χ1n) is 7.76. The van der Waals surface area contributed by atoms with Crippen molar-refractivity contribution in [3.63, 3.8) is 0 Å². The molecule has 0 aromatic heterocycles. The fourth-order valence-corrected chi connectivity index (χ4v) is 3.26. The Morgan fingerprint density at radius 3 is 2.95 bits per heavy atom. The Labute approximate surface area is 136 Å². The highest BCUT2D eigenvalue weighted by atomic mass is 32.2. The highest BCUT2D eigenvalue weighted by molar-refractivity contribution is 7.99. The van der Waals surface area contributed by atoms with Crippen molar-refractivity contribution in [1.82, 2.24) is 4.90 Å². The maximum Gasteiger partial charge on any atom is 0.222 e. The standard InChI is InChI=1S/C17H23NO3S/c1-14(19)15-5-2-6-16(13-15)21-10-3-7-17(20)18-8-4-11-22-12-9-18/h2,5-6,13H,3-4,7-12H2,1H3. The van der Waals surface area contributed by atoms with Crippen LogP contribution in [0.2, 0.25) is 0 Å². The van der Waals surface area contributed by atoms with Crippen LogP contribution in [0.25, 0.3) is 0 Å². The molecule has 0 N–H and O–H groups in total. The van der Waals surface area contributed by atoms with Crippen LogP contribution in [0.5, 0.6) is 5.75 Å². The molecule has 0 radical (unpaired) electrons. The molecule has 0 unspecified atom stereocenters. The minimum Gasteiger partial charge on any atom is -0.494 e. The van der Waals surface area contributed by atoms with Crippen LogP contribution in [0.15, 0.2) is 24.3 Å². The lowest BCUT2D eigenvalue weighted by Crippen LogP contribution is -2.32. The number of hydrogen-bond acceptors (Lipinski definition) is 4. The average Bonchev–Trinajstić information content (AvgIpc) is 2.81. The predicted molar refractivity (Wildman–Crippen MR) is 89.7 cm³/mol. The quantitative estimate of drug-likeness (QED) is 0.597. The SMILES string of the molecule is CC(=O)c1cccc(OCCCC(=O)N2CCCSCC2)c1. The van der Waals surface area contributed by atoms with E-state index in [0.717, 1.165) is 31.0 Å². The number of benzene rings is 1. The number of thioether (sulfide) groups is 1. The molecular weight excluding hydrogens is 298 g/mol. The van der Waals surface area contributed by atoms with Crippen molar-refractivity contribution in [2.45, 2.75) is 26.2 Å². The van der Waals surface area contributed by atoms with Crippen molar-refractivity contribution in [3.8, 4) is 5.75 Å². The molecule has 1 aromatic carbocycles. The molecule has 22 heavy (non-hydrogen) atoms. The molecule has 1 heterocycles. The van der Waals surface area contributed by atoms with Gasteiger partial charge in [0.2, 0.25) is 5.91 Å². The Morgan fingerprint density at radius 1 is 1.27 bits per heavy atom. The minimum atomic E-state index is 0.0275. The Morgan fingerprint density at radius 2 is 2.14 bits per heavy atom. The van der Waals surface area contributed by atoms with E-state index in [1.165, 1.54) is 6.92 Å². The average molecular weight is 321 g/mol. The summed E-state index contributed by atoms with van der Waals surface area (Å²) in [5, 5.41) is 0. The van der Waals surface area contributed by atoms with Gasteiger partial charge in [-0.3, -0.25) is 9.59 Å². The number of amides is 1. The summed E-state index contributed by atoms with van der Waals surface area (Å²) in [4.78, 5) is 25.4. The molecule has 4 nitrogen and oxygen atoms in total. The Hall–Kier alpha value is -1.49. The van der Waals surface area contributed by atoms with E-state index in [1.54, 1.807) is 12.1 Å². The number of nitrogens with zero attached hydrogens (tertiary/aromatic N) is 1. The second-order valence-corrected chi connectivity index (χ2v) is 6.61. The van der Waals surface area contributed by atoms with Crippen LogP contribution in [0.4, 0.5) is 0 Å². The topological polar surface area (TPSA) is 46.6 Å². The molecule has 1 saturated heterocycles. The third-order valence-electron chi connectivity index (χ3n) is 3.62. The molecule has 1 aliphatic heterocycles. The zero-order chi connectivity index (χ0) is 15.8. The van der Waals surface area contributed by atoms with Crippen molar-refractivity contribution in [3.05, 3.63) is 29.8 Å².